The van der Waals surface area contributed by atoms with Crippen molar-refractivity contribution in [1.29, 1.82) is 0 Å². The van der Waals surface area contributed by atoms with E-state index in [0.29, 0.717) is 17.3 Å². The zero-order valence-corrected chi connectivity index (χ0v) is 16.9. The quantitative estimate of drug-likeness (QED) is 0.404. The van der Waals surface area contributed by atoms with Crippen LogP contribution in [-0.4, -0.2) is 23.0 Å². The molecule has 1 saturated carbocycles. The number of aromatic nitrogens is 2. The first kappa shape index (κ1) is 19.6. The van der Waals surface area contributed by atoms with Crippen molar-refractivity contribution in [2.75, 3.05) is 12.4 Å². The number of anilines is 2. The normalized spacial score (nSPS) is 13.7. The lowest BCUT2D eigenvalue weighted by molar-refractivity contribution is 0.0601. The second-order valence-corrected chi connectivity index (χ2v) is 7.18. The number of ether oxygens (including phenoxy) is 1. The third-order valence-corrected chi connectivity index (χ3v) is 5.21. The molecule has 4 rings (SSSR count). The molecule has 0 atom stereocenters. The first-order valence-corrected chi connectivity index (χ1v) is 9.84. The minimum Gasteiger partial charge on any atom is -0.465 e. The van der Waals surface area contributed by atoms with Gasteiger partial charge in [-0.3, -0.25) is 4.98 Å². The van der Waals surface area contributed by atoms with Gasteiger partial charge < -0.3 is 10.1 Å². The molecule has 0 spiro atoms. The van der Waals surface area contributed by atoms with E-state index in [2.05, 4.69) is 28.4 Å². The molecule has 5 heteroatoms. The minimum atomic E-state index is -0.405. The van der Waals surface area contributed by atoms with E-state index in [1.54, 1.807) is 18.3 Å². The standard InChI is InChI=1S/C25H23N3O2/c1-4-7-16(5-2)23-20-8-6-9-22(19(20)12-13-26-23)28-24-21(25(29)30-3)14-18(15-27-24)17-10-11-17/h4-9,12-15,17H,1-2,10-11H2,3H3,(H,27,28)/b16-7+. The van der Waals surface area contributed by atoms with E-state index in [1.807, 2.05) is 42.6 Å². The summed E-state index contributed by atoms with van der Waals surface area (Å²) in [5.74, 6) is 0.566. The molecule has 1 N–H and O–H groups in total. The Hall–Kier alpha value is -3.73. The fourth-order valence-electron chi connectivity index (χ4n) is 3.53. The summed E-state index contributed by atoms with van der Waals surface area (Å²) >= 11 is 0. The van der Waals surface area contributed by atoms with E-state index in [1.165, 1.54) is 7.11 Å². The number of hydrogen-bond donors (Lipinski definition) is 1. The van der Waals surface area contributed by atoms with Crippen LogP contribution in [0, 0.1) is 0 Å². The fourth-order valence-corrected chi connectivity index (χ4v) is 3.53. The van der Waals surface area contributed by atoms with Crippen LogP contribution in [0.15, 0.2) is 74.1 Å². The van der Waals surface area contributed by atoms with Gasteiger partial charge in [0.05, 0.1) is 12.8 Å². The van der Waals surface area contributed by atoms with Gasteiger partial charge in [-0.1, -0.05) is 43.5 Å². The molecule has 150 valence electrons. The average Bonchev–Trinajstić information content (AvgIpc) is 3.62. The Labute approximate surface area is 175 Å². The monoisotopic (exact) mass is 397 g/mol. The lowest BCUT2D eigenvalue weighted by atomic mass is 10.0. The lowest BCUT2D eigenvalue weighted by Gasteiger charge is -2.14. The second kappa shape index (κ2) is 8.33. The van der Waals surface area contributed by atoms with Crippen LogP contribution in [0.1, 0.15) is 40.4 Å². The largest absolute Gasteiger partial charge is 0.465 e. The van der Waals surface area contributed by atoms with Gasteiger partial charge in [0.2, 0.25) is 0 Å². The predicted molar refractivity (Wildman–Crippen MR) is 121 cm³/mol. The molecule has 0 radical (unpaired) electrons. The number of esters is 1. The predicted octanol–water partition coefficient (Wildman–Crippen LogP) is 5.79. The summed E-state index contributed by atoms with van der Waals surface area (Å²) in [4.78, 5) is 21.5. The molecule has 0 amide bonds. The van der Waals surface area contributed by atoms with Crippen LogP contribution < -0.4 is 5.32 Å². The van der Waals surface area contributed by atoms with E-state index >= 15 is 0 Å². The number of benzene rings is 1. The van der Waals surface area contributed by atoms with Gasteiger partial charge in [-0.05, 0) is 42.5 Å². The first-order valence-electron chi connectivity index (χ1n) is 9.84. The van der Waals surface area contributed by atoms with E-state index < -0.39 is 5.97 Å². The number of carbonyl (C=O) groups is 1. The van der Waals surface area contributed by atoms with Crippen LogP contribution in [0.4, 0.5) is 11.5 Å². The van der Waals surface area contributed by atoms with Crippen molar-refractivity contribution in [3.8, 4) is 0 Å². The van der Waals surface area contributed by atoms with Gasteiger partial charge in [0, 0.05) is 34.4 Å². The lowest BCUT2D eigenvalue weighted by Crippen LogP contribution is -2.08. The van der Waals surface area contributed by atoms with Gasteiger partial charge in [-0.15, -0.1) is 0 Å². The Morgan fingerprint density at radius 2 is 2.03 bits per heavy atom. The molecular formula is C25H23N3O2. The van der Waals surface area contributed by atoms with Crippen LogP contribution in [0.25, 0.3) is 16.3 Å². The van der Waals surface area contributed by atoms with Crippen LogP contribution >= 0.6 is 0 Å². The molecule has 1 fully saturated rings. The molecule has 0 saturated heterocycles. The van der Waals surface area contributed by atoms with Crippen LogP contribution in [0.2, 0.25) is 0 Å². The molecular weight excluding hydrogens is 374 g/mol. The van der Waals surface area contributed by atoms with Crippen LogP contribution in [0.3, 0.4) is 0 Å². The Morgan fingerprint density at radius 3 is 2.73 bits per heavy atom. The number of carbonyl (C=O) groups excluding carboxylic acids is 1. The highest BCUT2D eigenvalue weighted by Crippen LogP contribution is 2.41. The van der Waals surface area contributed by atoms with Gasteiger partial charge in [-0.2, -0.15) is 0 Å². The number of nitrogens with one attached hydrogen (secondary N) is 1. The molecule has 0 bridgehead atoms. The molecule has 5 nitrogen and oxygen atoms in total. The molecule has 1 aliphatic carbocycles. The highest BCUT2D eigenvalue weighted by atomic mass is 16.5. The van der Waals surface area contributed by atoms with Crippen molar-refractivity contribution < 1.29 is 9.53 Å². The topological polar surface area (TPSA) is 64.1 Å². The highest BCUT2D eigenvalue weighted by Gasteiger charge is 2.26. The molecule has 0 unspecified atom stereocenters. The molecule has 0 aliphatic heterocycles. The average molecular weight is 397 g/mol. The van der Waals surface area contributed by atoms with E-state index in [-0.39, 0.29) is 0 Å². The van der Waals surface area contributed by atoms with Gasteiger partial charge in [0.1, 0.15) is 11.4 Å². The van der Waals surface area contributed by atoms with E-state index in [0.717, 1.165) is 46.1 Å². The fraction of sp³-hybridized carbons (Fsp3) is 0.160. The van der Waals surface area contributed by atoms with Crippen molar-refractivity contribution in [2.45, 2.75) is 18.8 Å². The third-order valence-electron chi connectivity index (χ3n) is 5.21. The smallest absolute Gasteiger partial charge is 0.341 e. The zero-order valence-electron chi connectivity index (χ0n) is 16.9. The summed E-state index contributed by atoms with van der Waals surface area (Å²) in [5.41, 5.74) is 4.04. The van der Waals surface area contributed by atoms with Crippen molar-refractivity contribution in [3.63, 3.8) is 0 Å². The second-order valence-electron chi connectivity index (χ2n) is 7.18. The summed E-state index contributed by atoms with van der Waals surface area (Å²) in [6, 6.07) is 9.73. The summed E-state index contributed by atoms with van der Waals surface area (Å²) in [6.45, 7) is 7.66. The van der Waals surface area contributed by atoms with Crippen molar-refractivity contribution >= 4 is 33.8 Å². The van der Waals surface area contributed by atoms with E-state index in [4.69, 9.17) is 4.74 Å². The van der Waals surface area contributed by atoms with Crippen LogP contribution in [-0.2, 0) is 4.74 Å². The van der Waals surface area contributed by atoms with Gasteiger partial charge >= 0.3 is 5.97 Å². The maximum absolute atomic E-state index is 12.4. The maximum atomic E-state index is 12.4. The molecule has 30 heavy (non-hydrogen) atoms. The Bertz CT molecular complexity index is 1180. The summed E-state index contributed by atoms with van der Waals surface area (Å²) in [6.07, 6.45) is 11.2. The Balaban J connectivity index is 1.80. The molecule has 1 aliphatic rings. The van der Waals surface area contributed by atoms with E-state index in [9.17, 15) is 4.79 Å². The number of hydrogen-bond acceptors (Lipinski definition) is 5. The Morgan fingerprint density at radius 1 is 1.20 bits per heavy atom. The van der Waals surface area contributed by atoms with Gasteiger partial charge in [0.25, 0.3) is 0 Å². The highest BCUT2D eigenvalue weighted by molar-refractivity contribution is 6.03. The SMILES string of the molecule is C=C/C=C(\C=C)c1nccc2c(Nc3ncc(C4CC4)cc3C(=O)OC)cccc12. The van der Waals surface area contributed by atoms with Crippen molar-refractivity contribution in [3.05, 3.63) is 90.9 Å². The number of allylic oxidation sites excluding steroid dienone is 4. The number of fused-ring (bicyclic) bond motifs is 1. The van der Waals surface area contributed by atoms with Gasteiger partial charge in [0.15, 0.2) is 0 Å². The van der Waals surface area contributed by atoms with Crippen molar-refractivity contribution in [1.82, 2.24) is 9.97 Å². The van der Waals surface area contributed by atoms with Crippen LogP contribution in [0.5, 0.6) is 0 Å². The Kier molecular flexibility index (Phi) is 5.44. The molecule has 3 aromatic rings. The minimum absolute atomic E-state index is 0.405. The number of rotatable bonds is 7. The first-order chi connectivity index (χ1) is 14.7. The number of methoxy groups -OCH3 is 1. The molecule has 1 aromatic carbocycles. The third kappa shape index (κ3) is 3.74. The maximum Gasteiger partial charge on any atom is 0.341 e. The molecule has 2 heterocycles. The number of nitrogens with zero attached hydrogens (tertiary/aromatic N) is 2. The van der Waals surface area contributed by atoms with Gasteiger partial charge in [-0.25, -0.2) is 9.78 Å². The summed E-state index contributed by atoms with van der Waals surface area (Å²) in [5, 5.41) is 5.25. The summed E-state index contributed by atoms with van der Waals surface area (Å²) < 4.78 is 4.99. The van der Waals surface area contributed by atoms with Crippen molar-refractivity contribution in [2.24, 2.45) is 0 Å². The number of pyridine rings is 2. The summed E-state index contributed by atoms with van der Waals surface area (Å²) in [7, 11) is 1.38. The zero-order chi connectivity index (χ0) is 21.1. The molecule has 2 aromatic heterocycles.